The van der Waals surface area contributed by atoms with Crippen LogP contribution < -0.4 is 5.32 Å². The molecule has 1 nitrogen and oxygen atoms in total. The standard InChI is InChI=1S/C17H29N/c1-7-16(3,4)13-14-10-9-11-15(12-14)18-17(5,6)8-2/h9-12,18H,7-8,13H2,1-6H3. The van der Waals surface area contributed by atoms with Gasteiger partial charge in [0, 0.05) is 11.2 Å². The predicted octanol–water partition coefficient (Wildman–Crippen LogP) is 5.27. The molecule has 0 spiro atoms. The molecule has 0 amide bonds. The number of nitrogens with one attached hydrogen (secondary N) is 1. The fourth-order valence-corrected chi connectivity index (χ4v) is 1.92. The van der Waals surface area contributed by atoms with Crippen molar-refractivity contribution in [2.24, 2.45) is 5.41 Å². The van der Waals surface area contributed by atoms with Gasteiger partial charge < -0.3 is 5.32 Å². The van der Waals surface area contributed by atoms with Crippen LogP contribution in [0.5, 0.6) is 0 Å². The maximum absolute atomic E-state index is 3.61. The molecular formula is C17H29N. The van der Waals surface area contributed by atoms with Crippen molar-refractivity contribution >= 4 is 5.69 Å². The maximum Gasteiger partial charge on any atom is 0.0347 e. The zero-order valence-corrected chi connectivity index (χ0v) is 12.9. The average Bonchev–Trinajstić information content (AvgIpc) is 2.28. The third-order valence-corrected chi connectivity index (χ3v) is 3.93. The predicted molar refractivity (Wildman–Crippen MR) is 82.2 cm³/mol. The van der Waals surface area contributed by atoms with Gasteiger partial charge in [0.2, 0.25) is 0 Å². The molecule has 1 aromatic rings. The van der Waals surface area contributed by atoms with Gasteiger partial charge >= 0.3 is 0 Å². The molecule has 0 atom stereocenters. The Hall–Kier alpha value is -0.980. The summed E-state index contributed by atoms with van der Waals surface area (Å²) in [5.74, 6) is 0. The first-order chi connectivity index (χ1) is 8.28. The minimum Gasteiger partial charge on any atom is -0.380 e. The molecule has 0 unspecified atom stereocenters. The first kappa shape index (κ1) is 15.1. The summed E-state index contributed by atoms with van der Waals surface area (Å²) < 4.78 is 0. The zero-order chi connectivity index (χ0) is 13.8. The lowest BCUT2D eigenvalue weighted by Gasteiger charge is -2.27. The van der Waals surface area contributed by atoms with E-state index in [0.29, 0.717) is 5.41 Å². The zero-order valence-electron chi connectivity index (χ0n) is 12.9. The van der Waals surface area contributed by atoms with Gasteiger partial charge in [-0.3, -0.25) is 0 Å². The van der Waals surface area contributed by atoms with Gasteiger partial charge in [-0.05, 0) is 49.8 Å². The van der Waals surface area contributed by atoms with E-state index in [1.54, 1.807) is 0 Å². The summed E-state index contributed by atoms with van der Waals surface area (Å²) in [4.78, 5) is 0. The Kier molecular flexibility index (Phi) is 4.84. The first-order valence-electron chi connectivity index (χ1n) is 7.15. The van der Waals surface area contributed by atoms with Crippen LogP contribution in [0.4, 0.5) is 5.69 Å². The van der Waals surface area contributed by atoms with Crippen LogP contribution in [0, 0.1) is 5.41 Å². The van der Waals surface area contributed by atoms with Gasteiger partial charge in [-0.15, -0.1) is 0 Å². The molecule has 1 rings (SSSR count). The van der Waals surface area contributed by atoms with Gasteiger partial charge in [0.25, 0.3) is 0 Å². The van der Waals surface area contributed by atoms with Crippen LogP contribution in [0.3, 0.4) is 0 Å². The number of rotatable bonds is 6. The summed E-state index contributed by atoms with van der Waals surface area (Å²) in [6.07, 6.45) is 3.48. The molecular weight excluding hydrogens is 218 g/mol. The molecule has 0 aliphatic heterocycles. The highest BCUT2D eigenvalue weighted by Gasteiger charge is 2.17. The van der Waals surface area contributed by atoms with Crippen molar-refractivity contribution in [3.63, 3.8) is 0 Å². The van der Waals surface area contributed by atoms with Gasteiger partial charge in [-0.25, -0.2) is 0 Å². The van der Waals surface area contributed by atoms with E-state index in [4.69, 9.17) is 0 Å². The lowest BCUT2D eigenvalue weighted by Crippen LogP contribution is -2.29. The molecule has 0 aromatic heterocycles. The van der Waals surface area contributed by atoms with Crippen molar-refractivity contribution in [1.82, 2.24) is 0 Å². The van der Waals surface area contributed by atoms with E-state index in [0.717, 1.165) is 12.8 Å². The highest BCUT2D eigenvalue weighted by atomic mass is 15.0. The molecule has 1 aromatic carbocycles. The van der Waals surface area contributed by atoms with Gasteiger partial charge in [-0.2, -0.15) is 0 Å². The minimum atomic E-state index is 0.166. The summed E-state index contributed by atoms with van der Waals surface area (Å²) in [7, 11) is 0. The topological polar surface area (TPSA) is 12.0 Å². The van der Waals surface area contributed by atoms with Crippen LogP contribution in [-0.4, -0.2) is 5.54 Å². The fraction of sp³-hybridized carbons (Fsp3) is 0.647. The summed E-state index contributed by atoms with van der Waals surface area (Å²) in [6.45, 7) is 13.6. The monoisotopic (exact) mass is 247 g/mol. The summed E-state index contributed by atoms with van der Waals surface area (Å²) in [6, 6.07) is 8.87. The van der Waals surface area contributed by atoms with Crippen molar-refractivity contribution in [3.8, 4) is 0 Å². The van der Waals surface area contributed by atoms with Gasteiger partial charge in [-0.1, -0.05) is 46.2 Å². The average molecular weight is 247 g/mol. The van der Waals surface area contributed by atoms with Crippen molar-refractivity contribution in [2.45, 2.75) is 66.3 Å². The molecule has 1 heteroatoms. The van der Waals surface area contributed by atoms with Crippen molar-refractivity contribution in [2.75, 3.05) is 5.32 Å². The molecule has 18 heavy (non-hydrogen) atoms. The van der Waals surface area contributed by atoms with Crippen LogP contribution >= 0.6 is 0 Å². The number of benzene rings is 1. The molecule has 0 saturated carbocycles. The highest BCUT2D eigenvalue weighted by Crippen LogP contribution is 2.27. The Balaban J connectivity index is 2.80. The third-order valence-electron chi connectivity index (χ3n) is 3.93. The van der Waals surface area contributed by atoms with Crippen LogP contribution in [0.1, 0.15) is 59.9 Å². The molecule has 1 N–H and O–H groups in total. The molecule has 102 valence electrons. The second kappa shape index (κ2) is 5.77. The van der Waals surface area contributed by atoms with Crippen molar-refractivity contribution in [3.05, 3.63) is 29.8 Å². The minimum absolute atomic E-state index is 0.166. The second-order valence-electron chi connectivity index (χ2n) is 6.76. The van der Waals surface area contributed by atoms with E-state index in [2.05, 4.69) is 71.1 Å². The highest BCUT2D eigenvalue weighted by molar-refractivity contribution is 5.47. The number of hydrogen-bond acceptors (Lipinski definition) is 1. The lowest BCUT2D eigenvalue weighted by atomic mass is 9.83. The van der Waals surface area contributed by atoms with E-state index in [-0.39, 0.29) is 5.54 Å². The maximum atomic E-state index is 3.61. The van der Waals surface area contributed by atoms with Gasteiger partial charge in [0.1, 0.15) is 0 Å². The van der Waals surface area contributed by atoms with Gasteiger partial charge in [0.15, 0.2) is 0 Å². The molecule has 0 fully saturated rings. The van der Waals surface area contributed by atoms with E-state index in [1.165, 1.54) is 17.7 Å². The Labute approximate surface area is 113 Å². The van der Waals surface area contributed by atoms with Gasteiger partial charge in [0.05, 0.1) is 0 Å². The molecule has 0 bridgehead atoms. The molecule has 0 saturated heterocycles. The second-order valence-corrected chi connectivity index (χ2v) is 6.76. The SMILES string of the molecule is CCC(C)(C)Cc1cccc(NC(C)(C)CC)c1. The summed E-state index contributed by atoms with van der Waals surface area (Å²) in [5, 5.41) is 3.61. The van der Waals surface area contributed by atoms with Crippen molar-refractivity contribution < 1.29 is 0 Å². The smallest absolute Gasteiger partial charge is 0.0347 e. The molecule has 0 aliphatic rings. The van der Waals surface area contributed by atoms with Crippen LogP contribution in [0.2, 0.25) is 0 Å². The largest absolute Gasteiger partial charge is 0.380 e. The van der Waals surface area contributed by atoms with E-state index in [1.807, 2.05) is 0 Å². The Morgan fingerprint density at radius 1 is 1.00 bits per heavy atom. The number of anilines is 1. The molecule has 0 heterocycles. The molecule has 0 radical (unpaired) electrons. The Morgan fingerprint density at radius 3 is 2.22 bits per heavy atom. The Bertz CT molecular complexity index is 344. The lowest BCUT2D eigenvalue weighted by molar-refractivity contribution is 0.349. The summed E-state index contributed by atoms with van der Waals surface area (Å²) >= 11 is 0. The van der Waals surface area contributed by atoms with Crippen LogP contribution in [0.15, 0.2) is 24.3 Å². The quantitative estimate of drug-likeness (QED) is 0.722. The Morgan fingerprint density at radius 2 is 1.67 bits per heavy atom. The van der Waals surface area contributed by atoms with E-state index >= 15 is 0 Å². The third kappa shape index (κ3) is 4.72. The molecule has 0 aliphatic carbocycles. The summed E-state index contributed by atoms with van der Waals surface area (Å²) in [5.41, 5.74) is 3.22. The van der Waals surface area contributed by atoms with Crippen LogP contribution in [-0.2, 0) is 6.42 Å². The fourth-order valence-electron chi connectivity index (χ4n) is 1.92. The normalized spacial score (nSPS) is 12.6. The first-order valence-corrected chi connectivity index (χ1v) is 7.15. The van der Waals surface area contributed by atoms with Crippen molar-refractivity contribution in [1.29, 1.82) is 0 Å². The number of hydrogen-bond donors (Lipinski definition) is 1. The van der Waals surface area contributed by atoms with E-state index in [9.17, 15) is 0 Å². The van der Waals surface area contributed by atoms with Crippen LogP contribution in [0.25, 0.3) is 0 Å². The van der Waals surface area contributed by atoms with E-state index < -0.39 is 0 Å².